The summed E-state index contributed by atoms with van der Waals surface area (Å²) in [5.41, 5.74) is 2.79. The van der Waals surface area contributed by atoms with Gasteiger partial charge >= 0.3 is 0 Å². The number of nitrogens with zero attached hydrogens (tertiary/aromatic N) is 5. The highest BCUT2D eigenvalue weighted by Gasteiger charge is 2.50. The molecule has 1 atom stereocenters. The number of hydrogen-bond acceptors (Lipinski definition) is 13. The Hall–Kier alpha value is -6.67. The van der Waals surface area contributed by atoms with Gasteiger partial charge in [0.05, 0.1) is 45.4 Å². The number of H-pyrrole nitrogens is 1. The van der Waals surface area contributed by atoms with Crippen LogP contribution in [0.5, 0.6) is 17.2 Å². The van der Waals surface area contributed by atoms with Crippen molar-refractivity contribution in [3.8, 4) is 17.2 Å². The fourth-order valence-corrected chi connectivity index (χ4v) is 13.0. The Morgan fingerprint density at radius 2 is 1.68 bits per heavy atom. The molecule has 4 aromatic carbocycles. The SMILES string of the molecule is COc1ccc(CN2CCN(C3CC4(CCN(c5cc(Oc6cnc7[nH]cc(F)c7c6)c(C(=O)NS(=O)(=O)c6ccc(NCC7CCC(C)(O)CC7)c([N+](=O)[O-])c6)cc5F)CC4)C3)[C@H](c3ccccc3C(C)C)C2)cc1. The molecule has 4 heterocycles. The van der Waals surface area contributed by atoms with Gasteiger partial charge in [0.15, 0.2) is 0 Å². The Morgan fingerprint density at radius 3 is 2.39 bits per heavy atom. The van der Waals surface area contributed by atoms with Crippen LogP contribution in [-0.2, 0) is 16.6 Å². The molecule has 402 valence electrons. The molecule has 4 fully saturated rings. The van der Waals surface area contributed by atoms with Crippen LogP contribution in [0.25, 0.3) is 11.0 Å². The van der Waals surface area contributed by atoms with E-state index in [1.54, 1.807) is 14.0 Å². The van der Waals surface area contributed by atoms with E-state index in [-0.39, 0.29) is 51.3 Å². The zero-order chi connectivity index (χ0) is 53.5. The first kappa shape index (κ1) is 52.8. The Labute approximate surface area is 442 Å². The molecule has 16 nitrogen and oxygen atoms in total. The number of nitro benzene ring substituents is 1. The molecule has 0 bridgehead atoms. The quantitative estimate of drug-likeness (QED) is 0.0529. The minimum absolute atomic E-state index is 0.00628. The van der Waals surface area contributed by atoms with Gasteiger partial charge in [-0.25, -0.2) is 26.9 Å². The average Bonchev–Trinajstić information content (AvgIpc) is 3.81. The normalized spacial score (nSPS) is 21.4. The molecular formula is C57H66F2N8O8S. The predicted molar refractivity (Wildman–Crippen MR) is 286 cm³/mol. The van der Waals surface area contributed by atoms with Crippen molar-refractivity contribution in [2.24, 2.45) is 11.3 Å². The molecule has 2 aliphatic carbocycles. The number of rotatable bonds is 16. The van der Waals surface area contributed by atoms with Gasteiger partial charge in [-0.15, -0.1) is 0 Å². The van der Waals surface area contributed by atoms with Crippen LogP contribution in [0.3, 0.4) is 0 Å². The first-order valence-electron chi connectivity index (χ1n) is 26.3. The number of aromatic nitrogens is 2. The molecule has 1 amide bonds. The first-order valence-corrected chi connectivity index (χ1v) is 27.8. The second kappa shape index (κ2) is 21.4. The smallest absolute Gasteiger partial charge is 0.293 e. The Bertz CT molecular complexity index is 3220. The third kappa shape index (κ3) is 11.2. The molecule has 0 radical (unpaired) electrons. The van der Waals surface area contributed by atoms with Gasteiger partial charge in [-0.3, -0.25) is 24.7 Å². The summed E-state index contributed by atoms with van der Waals surface area (Å²) in [7, 11) is -3.10. The third-order valence-corrected chi connectivity index (χ3v) is 17.8. The second-order valence-electron chi connectivity index (χ2n) is 22.0. The maximum Gasteiger partial charge on any atom is 0.293 e. The van der Waals surface area contributed by atoms with E-state index in [2.05, 4.69) is 75.3 Å². The zero-order valence-corrected chi connectivity index (χ0v) is 44.2. The van der Waals surface area contributed by atoms with Crippen molar-refractivity contribution >= 4 is 44.0 Å². The number of pyridine rings is 1. The number of ether oxygens (including phenoxy) is 2. The summed E-state index contributed by atoms with van der Waals surface area (Å²) in [6.45, 7) is 11.3. The van der Waals surface area contributed by atoms with E-state index in [1.807, 2.05) is 21.8 Å². The number of methoxy groups -OCH3 is 1. The fraction of sp³-hybridized carbons (Fsp3) is 0.439. The van der Waals surface area contributed by atoms with Gasteiger partial charge in [0, 0.05) is 76.2 Å². The number of benzene rings is 4. The average molecular weight is 1060 g/mol. The van der Waals surface area contributed by atoms with Crippen LogP contribution in [0.1, 0.15) is 111 Å². The number of anilines is 2. The second-order valence-corrected chi connectivity index (χ2v) is 23.6. The highest BCUT2D eigenvalue weighted by molar-refractivity contribution is 7.90. The summed E-state index contributed by atoms with van der Waals surface area (Å²) in [5, 5.41) is 25.7. The number of sulfonamides is 1. The van der Waals surface area contributed by atoms with Crippen LogP contribution in [-0.4, -0.2) is 102 Å². The van der Waals surface area contributed by atoms with Crippen LogP contribution in [0, 0.1) is 33.1 Å². The van der Waals surface area contributed by atoms with E-state index in [9.17, 15) is 32.8 Å². The first-order chi connectivity index (χ1) is 36.4. The minimum Gasteiger partial charge on any atom is -0.497 e. The van der Waals surface area contributed by atoms with E-state index in [4.69, 9.17) is 9.47 Å². The summed E-state index contributed by atoms with van der Waals surface area (Å²) in [6, 6.07) is 24.7. The lowest BCUT2D eigenvalue weighted by molar-refractivity contribution is -0.384. The van der Waals surface area contributed by atoms with E-state index < -0.39 is 54.2 Å². The van der Waals surface area contributed by atoms with Gasteiger partial charge in [-0.2, -0.15) is 0 Å². The topological polar surface area (TPSA) is 195 Å². The van der Waals surface area contributed by atoms with E-state index in [1.165, 1.54) is 41.1 Å². The monoisotopic (exact) mass is 1060 g/mol. The Balaban J connectivity index is 0.852. The third-order valence-electron chi connectivity index (χ3n) is 16.5. The van der Waals surface area contributed by atoms with Crippen LogP contribution >= 0.6 is 0 Å². The minimum atomic E-state index is -4.78. The standard InChI is InChI=1S/C57H66F2N8O8S/c1-36(2)43-7-5-6-8-44(43)52-35-64(34-38-9-11-40(74-4)12-10-38)23-24-66(52)39-29-57(30-39)19-21-65(22-20-57)50-28-53(75-41-25-45-48(59)33-62-54(45)61-32-41)46(27-47(50)58)55(68)63-76(72,73)42-13-14-49(51(26-42)67(70)71)60-31-37-15-17-56(3,69)18-16-37/h5-14,25-28,32-33,36-37,39,52,60,69H,15-24,29-31,34-35H2,1-4H3,(H,61,62)(H,63,68)/t37?,52-,56?/m0/s1. The number of piperidine rings is 1. The number of aliphatic hydroxyl groups is 1. The molecular weight excluding hydrogens is 995 g/mol. The molecule has 4 N–H and O–H groups in total. The van der Waals surface area contributed by atoms with Gasteiger partial charge in [0.1, 0.15) is 40.2 Å². The van der Waals surface area contributed by atoms with E-state index >= 15 is 4.39 Å². The fourth-order valence-electron chi connectivity index (χ4n) is 12.0. The Morgan fingerprint density at radius 1 is 0.947 bits per heavy atom. The molecule has 1 spiro atoms. The van der Waals surface area contributed by atoms with Crippen molar-refractivity contribution in [3.63, 3.8) is 0 Å². The molecule has 10 rings (SSSR count). The molecule has 76 heavy (non-hydrogen) atoms. The van der Waals surface area contributed by atoms with Crippen molar-refractivity contribution in [1.82, 2.24) is 24.5 Å². The number of carbonyl (C=O) groups is 1. The largest absolute Gasteiger partial charge is 0.497 e. The maximum absolute atomic E-state index is 16.6. The van der Waals surface area contributed by atoms with Crippen LogP contribution in [0.15, 0.2) is 102 Å². The van der Waals surface area contributed by atoms with Gasteiger partial charge in [0.25, 0.3) is 21.6 Å². The molecule has 2 aliphatic heterocycles. The van der Waals surface area contributed by atoms with Crippen molar-refractivity contribution < 1.29 is 41.5 Å². The summed E-state index contributed by atoms with van der Waals surface area (Å²) in [5.74, 6) is -1.48. The summed E-state index contributed by atoms with van der Waals surface area (Å²) in [4.78, 5) is 39.2. The molecule has 19 heteroatoms. The van der Waals surface area contributed by atoms with Gasteiger partial charge in [0.2, 0.25) is 0 Å². The lowest BCUT2D eigenvalue weighted by Gasteiger charge is -2.58. The number of halogens is 2. The molecule has 2 saturated heterocycles. The lowest BCUT2D eigenvalue weighted by atomic mass is 9.59. The van der Waals surface area contributed by atoms with Crippen LogP contribution in [0.2, 0.25) is 0 Å². The number of aromatic amines is 1. The van der Waals surface area contributed by atoms with E-state index in [0.29, 0.717) is 44.4 Å². The van der Waals surface area contributed by atoms with Crippen molar-refractivity contribution in [1.29, 1.82) is 0 Å². The predicted octanol–water partition coefficient (Wildman–Crippen LogP) is 10.5. The molecule has 6 aromatic rings. The van der Waals surface area contributed by atoms with Gasteiger partial charge < -0.3 is 29.8 Å². The van der Waals surface area contributed by atoms with Crippen LogP contribution < -0.4 is 24.4 Å². The van der Waals surface area contributed by atoms with Crippen LogP contribution in [0.4, 0.5) is 25.8 Å². The number of hydrogen-bond donors (Lipinski definition) is 4. The zero-order valence-electron chi connectivity index (χ0n) is 43.4. The summed E-state index contributed by atoms with van der Waals surface area (Å²) < 4.78 is 72.6. The highest BCUT2D eigenvalue weighted by Crippen LogP contribution is 2.54. The number of amides is 1. The van der Waals surface area contributed by atoms with Crippen molar-refractivity contribution in [3.05, 3.63) is 141 Å². The molecule has 4 aliphatic rings. The number of piperazine rings is 1. The molecule has 0 unspecified atom stereocenters. The van der Waals surface area contributed by atoms with Gasteiger partial charge in [-0.1, -0.05) is 50.2 Å². The van der Waals surface area contributed by atoms with Crippen molar-refractivity contribution in [2.45, 2.75) is 107 Å². The highest BCUT2D eigenvalue weighted by atomic mass is 32.2. The summed E-state index contributed by atoms with van der Waals surface area (Å²) in [6.07, 6.45) is 8.71. The van der Waals surface area contributed by atoms with Crippen molar-refractivity contribution in [2.75, 3.05) is 56.6 Å². The number of carbonyl (C=O) groups excluding carboxylic acids is 1. The number of fused-ring (bicyclic) bond motifs is 1. The molecule has 2 saturated carbocycles. The summed E-state index contributed by atoms with van der Waals surface area (Å²) >= 11 is 0. The maximum atomic E-state index is 16.6. The number of nitrogens with one attached hydrogen (secondary N) is 3. The Kier molecular flexibility index (Phi) is 14.9. The number of nitro groups is 1. The molecule has 2 aromatic heterocycles. The van der Waals surface area contributed by atoms with Gasteiger partial charge in [-0.05, 0) is 129 Å². The lowest BCUT2D eigenvalue weighted by Crippen LogP contribution is -2.60. The van der Waals surface area contributed by atoms with E-state index in [0.717, 1.165) is 94.8 Å².